The second kappa shape index (κ2) is 6.89. The Morgan fingerprint density at radius 2 is 1.92 bits per heavy atom. The van der Waals surface area contributed by atoms with Gasteiger partial charge >= 0.3 is 0 Å². The Hall–Kier alpha value is -2.95. The summed E-state index contributed by atoms with van der Waals surface area (Å²) in [5, 5.41) is 10.8. The van der Waals surface area contributed by atoms with Gasteiger partial charge in [-0.3, -0.25) is 4.79 Å². The van der Waals surface area contributed by atoms with E-state index in [1.54, 1.807) is 17.1 Å². The molecule has 126 valence electrons. The topological polar surface area (TPSA) is 59.8 Å². The predicted octanol–water partition coefficient (Wildman–Crippen LogP) is 3.33. The van der Waals surface area contributed by atoms with Gasteiger partial charge in [-0.05, 0) is 54.5 Å². The maximum Gasteiger partial charge on any atom is 0.228 e. The van der Waals surface area contributed by atoms with Gasteiger partial charge in [-0.2, -0.15) is 0 Å². The minimum atomic E-state index is -0.0247. The van der Waals surface area contributed by atoms with Crippen molar-refractivity contribution in [1.82, 2.24) is 15.0 Å². The lowest BCUT2D eigenvalue weighted by molar-refractivity contribution is -0.115. The highest BCUT2D eigenvalue weighted by Crippen LogP contribution is 2.23. The van der Waals surface area contributed by atoms with Crippen LogP contribution < -0.4 is 5.32 Å². The lowest BCUT2D eigenvalue weighted by Gasteiger charge is -2.16. The van der Waals surface area contributed by atoms with E-state index in [1.807, 2.05) is 24.3 Å². The average molecular weight is 332 g/mol. The minimum Gasteiger partial charge on any atom is -0.324 e. The molecule has 25 heavy (non-hydrogen) atoms. The molecule has 0 bridgehead atoms. The molecule has 1 N–H and O–H groups in total. The molecule has 5 nitrogen and oxygen atoms in total. The average Bonchev–Trinajstić information content (AvgIpc) is 3.16. The number of rotatable bonds is 4. The van der Waals surface area contributed by atoms with Crippen LogP contribution in [0.15, 0.2) is 54.9 Å². The Morgan fingerprint density at radius 1 is 1.08 bits per heavy atom. The van der Waals surface area contributed by atoms with Gasteiger partial charge in [0.2, 0.25) is 5.91 Å². The summed E-state index contributed by atoms with van der Waals surface area (Å²) >= 11 is 0. The van der Waals surface area contributed by atoms with E-state index >= 15 is 0 Å². The molecule has 0 fully saturated rings. The van der Waals surface area contributed by atoms with Crippen molar-refractivity contribution < 1.29 is 4.79 Å². The van der Waals surface area contributed by atoms with Gasteiger partial charge < -0.3 is 5.32 Å². The molecule has 1 amide bonds. The smallest absolute Gasteiger partial charge is 0.228 e. The zero-order valence-corrected chi connectivity index (χ0v) is 14.0. The van der Waals surface area contributed by atoms with Gasteiger partial charge in [0, 0.05) is 0 Å². The van der Waals surface area contributed by atoms with Crippen molar-refractivity contribution in [2.45, 2.75) is 32.1 Å². The van der Waals surface area contributed by atoms with Gasteiger partial charge in [-0.1, -0.05) is 35.5 Å². The number of hydrogen-bond acceptors (Lipinski definition) is 3. The van der Waals surface area contributed by atoms with Crippen LogP contribution in [-0.2, 0) is 24.1 Å². The molecule has 1 heterocycles. The van der Waals surface area contributed by atoms with E-state index in [9.17, 15) is 4.79 Å². The van der Waals surface area contributed by atoms with Crippen LogP contribution >= 0.6 is 0 Å². The molecule has 3 aromatic rings. The van der Waals surface area contributed by atoms with Crippen LogP contribution in [0.25, 0.3) is 5.69 Å². The Kier molecular flexibility index (Phi) is 4.29. The lowest BCUT2D eigenvalue weighted by Crippen LogP contribution is -2.16. The summed E-state index contributed by atoms with van der Waals surface area (Å²) in [4.78, 5) is 12.5. The van der Waals surface area contributed by atoms with E-state index in [4.69, 9.17) is 0 Å². The van der Waals surface area contributed by atoms with Crippen LogP contribution in [0.4, 0.5) is 5.69 Å². The van der Waals surface area contributed by atoms with E-state index in [0.717, 1.165) is 29.8 Å². The number of carbonyl (C=O) groups excluding carboxylic acids is 1. The number of nitrogens with one attached hydrogen (secondary N) is 1. The van der Waals surface area contributed by atoms with Gasteiger partial charge in [-0.25, -0.2) is 4.68 Å². The molecule has 0 atom stereocenters. The maximum absolute atomic E-state index is 12.5. The first-order valence-corrected chi connectivity index (χ1v) is 8.66. The molecule has 4 rings (SSSR count). The largest absolute Gasteiger partial charge is 0.324 e. The first-order chi connectivity index (χ1) is 12.3. The van der Waals surface area contributed by atoms with Gasteiger partial charge in [0.05, 0.1) is 30.2 Å². The highest BCUT2D eigenvalue weighted by atomic mass is 16.1. The standard InChI is InChI=1S/C20H20N4O/c25-20(14-15-9-10-16-5-1-2-6-17(16)13-15)22-18-7-3-4-8-19(18)24-12-11-21-23-24/h3-4,7-13H,1-2,5-6,14H2,(H,22,25). The number of aryl methyl sites for hydroxylation is 2. The highest BCUT2D eigenvalue weighted by molar-refractivity contribution is 5.94. The molecule has 1 aliphatic rings. The Balaban J connectivity index is 1.50. The summed E-state index contributed by atoms with van der Waals surface area (Å²) in [5.41, 5.74) is 5.44. The van der Waals surface area contributed by atoms with E-state index in [1.165, 1.54) is 24.0 Å². The van der Waals surface area contributed by atoms with Gasteiger partial charge in [-0.15, -0.1) is 5.10 Å². The van der Waals surface area contributed by atoms with Crippen LogP contribution in [0.5, 0.6) is 0 Å². The summed E-state index contributed by atoms with van der Waals surface area (Å²) in [6.07, 6.45) is 8.55. The molecular formula is C20H20N4O. The number of carbonyl (C=O) groups is 1. The summed E-state index contributed by atoms with van der Waals surface area (Å²) < 4.78 is 1.65. The zero-order valence-electron chi connectivity index (χ0n) is 14.0. The number of amides is 1. The van der Waals surface area contributed by atoms with E-state index in [-0.39, 0.29) is 5.91 Å². The summed E-state index contributed by atoms with van der Waals surface area (Å²) in [7, 11) is 0. The molecule has 5 heteroatoms. The molecule has 2 aromatic carbocycles. The van der Waals surface area contributed by atoms with Crippen molar-refractivity contribution in [3.05, 3.63) is 71.5 Å². The van der Waals surface area contributed by atoms with Crippen molar-refractivity contribution >= 4 is 11.6 Å². The van der Waals surface area contributed by atoms with Gasteiger partial charge in [0.15, 0.2) is 0 Å². The number of aromatic nitrogens is 3. The number of anilines is 1. The molecule has 1 aromatic heterocycles. The zero-order chi connectivity index (χ0) is 17.1. The fraction of sp³-hybridized carbons (Fsp3) is 0.250. The second-order valence-electron chi connectivity index (χ2n) is 6.40. The van der Waals surface area contributed by atoms with Crippen molar-refractivity contribution in [3.8, 4) is 5.69 Å². The molecule has 0 saturated carbocycles. The van der Waals surface area contributed by atoms with Crippen molar-refractivity contribution in [1.29, 1.82) is 0 Å². The minimum absolute atomic E-state index is 0.0247. The van der Waals surface area contributed by atoms with Crippen LogP contribution in [0.2, 0.25) is 0 Å². The normalized spacial score (nSPS) is 13.3. The van der Waals surface area contributed by atoms with Crippen molar-refractivity contribution in [2.24, 2.45) is 0 Å². The molecule has 1 aliphatic carbocycles. The molecule has 0 unspecified atom stereocenters. The number of para-hydroxylation sites is 2. The third-order valence-electron chi connectivity index (χ3n) is 4.63. The third-order valence-corrected chi connectivity index (χ3v) is 4.63. The van der Waals surface area contributed by atoms with E-state index in [0.29, 0.717) is 6.42 Å². The Labute approximate surface area is 146 Å². The van der Waals surface area contributed by atoms with Gasteiger partial charge in [0.1, 0.15) is 0 Å². The quantitative estimate of drug-likeness (QED) is 0.797. The number of nitrogens with zero attached hydrogens (tertiary/aromatic N) is 3. The third kappa shape index (κ3) is 3.45. The van der Waals surface area contributed by atoms with Crippen LogP contribution in [0.1, 0.15) is 29.5 Å². The second-order valence-corrected chi connectivity index (χ2v) is 6.40. The fourth-order valence-electron chi connectivity index (χ4n) is 3.39. The Bertz CT molecular complexity index is 886. The van der Waals surface area contributed by atoms with Crippen LogP contribution in [-0.4, -0.2) is 20.9 Å². The van der Waals surface area contributed by atoms with E-state index in [2.05, 4.69) is 33.8 Å². The predicted molar refractivity (Wildman–Crippen MR) is 96.8 cm³/mol. The monoisotopic (exact) mass is 332 g/mol. The SMILES string of the molecule is O=C(Cc1ccc2c(c1)CCCC2)Nc1ccccc1-n1ccnn1. The number of hydrogen-bond donors (Lipinski definition) is 1. The Morgan fingerprint density at radius 3 is 2.76 bits per heavy atom. The lowest BCUT2D eigenvalue weighted by atomic mass is 9.90. The van der Waals surface area contributed by atoms with Gasteiger partial charge in [0.25, 0.3) is 0 Å². The van der Waals surface area contributed by atoms with Crippen molar-refractivity contribution in [2.75, 3.05) is 5.32 Å². The molecule has 0 saturated heterocycles. The first-order valence-electron chi connectivity index (χ1n) is 8.66. The van der Waals surface area contributed by atoms with Crippen LogP contribution in [0, 0.1) is 0 Å². The highest BCUT2D eigenvalue weighted by Gasteiger charge is 2.12. The summed E-state index contributed by atoms with van der Waals surface area (Å²) in [6, 6.07) is 14.0. The van der Waals surface area contributed by atoms with E-state index < -0.39 is 0 Å². The number of benzene rings is 2. The fourth-order valence-corrected chi connectivity index (χ4v) is 3.39. The molecular weight excluding hydrogens is 312 g/mol. The molecule has 0 spiro atoms. The summed E-state index contributed by atoms with van der Waals surface area (Å²) in [5.74, 6) is -0.0247. The number of fused-ring (bicyclic) bond motifs is 1. The molecule has 0 radical (unpaired) electrons. The maximum atomic E-state index is 12.5. The first kappa shape index (κ1) is 15.6. The summed E-state index contributed by atoms with van der Waals surface area (Å²) in [6.45, 7) is 0. The van der Waals surface area contributed by atoms with Crippen LogP contribution in [0.3, 0.4) is 0 Å². The van der Waals surface area contributed by atoms with Crippen molar-refractivity contribution in [3.63, 3.8) is 0 Å². The molecule has 0 aliphatic heterocycles.